The number of halogens is 1. The molecule has 0 amide bonds. The van der Waals surface area contributed by atoms with E-state index in [2.05, 4.69) is 50.3 Å². The lowest BCUT2D eigenvalue weighted by Gasteiger charge is -2.26. The summed E-state index contributed by atoms with van der Waals surface area (Å²) < 4.78 is 0.954. The van der Waals surface area contributed by atoms with Gasteiger partial charge in [0.05, 0.1) is 0 Å². The Balaban J connectivity index is 2.78. The van der Waals surface area contributed by atoms with Crippen molar-refractivity contribution in [1.29, 1.82) is 0 Å². The van der Waals surface area contributed by atoms with Crippen LogP contribution in [0.4, 0.5) is 0 Å². The van der Waals surface area contributed by atoms with E-state index in [1.807, 2.05) is 26.0 Å². The van der Waals surface area contributed by atoms with Crippen molar-refractivity contribution in [3.63, 3.8) is 0 Å². The summed E-state index contributed by atoms with van der Waals surface area (Å²) >= 11 is 2.44. The molecule has 2 aromatic carbocycles. The normalized spacial score (nSPS) is 11.3. The molecular formula is C20H25IO2. The molecule has 0 aliphatic heterocycles. The Kier molecular flexibility index (Phi) is 5.29. The minimum Gasteiger partial charge on any atom is -0.508 e. The van der Waals surface area contributed by atoms with Crippen LogP contribution in [0.5, 0.6) is 11.5 Å². The van der Waals surface area contributed by atoms with E-state index in [1.165, 1.54) is 11.1 Å². The van der Waals surface area contributed by atoms with Crippen LogP contribution in [0.2, 0.25) is 0 Å². The van der Waals surface area contributed by atoms with E-state index in [0.29, 0.717) is 11.5 Å². The maximum atomic E-state index is 10.1. The molecule has 0 fully saturated rings. The smallest absolute Gasteiger partial charge is 0.119 e. The Labute approximate surface area is 152 Å². The number of hydrogen-bond donors (Lipinski definition) is 2. The summed E-state index contributed by atoms with van der Waals surface area (Å²) in [5.41, 5.74) is 9.06. The zero-order chi connectivity index (χ0) is 17.5. The molecule has 23 heavy (non-hydrogen) atoms. The average Bonchev–Trinajstić information content (AvgIpc) is 2.49. The Morgan fingerprint density at radius 2 is 1.09 bits per heavy atom. The molecule has 124 valence electrons. The molecule has 2 aromatic rings. The first-order valence-corrected chi connectivity index (χ1v) is 9.38. The summed E-state index contributed by atoms with van der Waals surface area (Å²) in [5.74, 6) is 0.992. The lowest BCUT2D eigenvalue weighted by atomic mass is 9.80. The fourth-order valence-corrected chi connectivity index (χ4v) is 4.41. The zero-order valence-corrected chi connectivity index (χ0v) is 16.9. The third kappa shape index (κ3) is 3.08. The molecule has 0 bridgehead atoms. The van der Waals surface area contributed by atoms with E-state index in [1.54, 1.807) is 0 Å². The fourth-order valence-electron chi connectivity index (χ4n) is 3.53. The molecule has 3 heteroatoms. The molecule has 0 aliphatic rings. The highest BCUT2D eigenvalue weighted by Crippen LogP contribution is 2.40. The molecule has 0 unspecified atom stereocenters. The van der Waals surface area contributed by atoms with Gasteiger partial charge in [0, 0.05) is 10.3 Å². The second-order valence-corrected chi connectivity index (χ2v) is 7.34. The molecule has 2 N–H and O–H groups in total. The number of phenolic OH excluding ortho intramolecular Hbond substituents is 2. The highest BCUT2D eigenvalue weighted by molar-refractivity contribution is 14.1. The number of rotatable bonds is 3. The van der Waals surface area contributed by atoms with Crippen molar-refractivity contribution in [3.05, 3.63) is 56.6 Å². The van der Waals surface area contributed by atoms with E-state index in [4.69, 9.17) is 0 Å². The number of benzene rings is 2. The quantitative estimate of drug-likeness (QED) is 0.504. The molecule has 0 radical (unpaired) electrons. The van der Waals surface area contributed by atoms with Crippen LogP contribution in [0.15, 0.2) is 12.1 Å². The van der Waals surface area contributed by atoms with Crippen LogP contribution < -0.4 is 0 Å². The molecule has 0 aliphatic carbocycles. The first-order chi connectivity index (χ1) is 10.7. The summed E-state index contributed by atoms with van der Waals surface area (Å²) in [6.07, 6.45) is 0. The summed E-state index contributed by atoms with van der Waals surface area (Å²) in [4.78, 5) is 0. The molecule has 0 spiro atoms. The summed E-state index contributed by atoms with van der Waals surface area (Å²) in [5, 5.41) is 20.2. The molecule has 2 rings (SSSR count). The number of alkyl halides is 1. The standard InChI is InChI=1S/C20H25IO2/c1-10-7-17(22)12(3)14(5)19(10)16(9-21)20-11(2)8-18(23)13(4)15(20)6/h7-8,16,22-23H,9H2,1-6H3. The van der Waals surface area contributed by atoms with Gasteiger partial charge in [-0.25, -0.2) is 0 Å². The molecule has 0 aromatic heterocycles. The molecule has 0 heterocycles. The van der Waals surface area contributed by atoms with E-state index in [0.717, 1.165) is 37.8 Å². The van der Waals surface area contributed by atoms with Crippen molar-refractivity contribution in [1.82, 2.24) is 0 Å². The fraction of sp³-hybridized carbons (Fsp3) is 0.400. The minimum atomic E-state index is 0.259. The van der Waals surface area contributed by atoms with Gasteiger partial charge in [-0.3, -0.25) is 0 Å². The van der Waals surface area contributed by atoms with Crippen molar-refractivity contribution in [3.8, 4) is 11.5 Å². The topological polar surface area (TPSA) is 40.5 Å². The SMILES string of the molecule is Cc1cc(O)c(C)c(C)c1C(CI)c1c(C)cc(O)c(C)c1C. The summed E-state index contributed by atoms with van der Waals surface area (Å²) in [6.45, 7) is 12.3. The second kappa shape index (κ2) is 6.71. The van der Waals surface area contributed by atoms with Crippen LogP contribution in [-0.4, -0.2) is 14.6 Å². The van der Waals surface area contributed by atoms with Crippen molar-refractivity contribution in [2.45, 2.75) is 47.5 Å². The first-order valence-electron chi connectivity index (χ1n) is 7.85. The Bertz CT molecular complexity index is 700. The molecule has 0 atom stereocenters. The predicted octanol–water partition coefficient (Wildman–Crippen LogP) is 5.52. The van der Waals surface area contributed by atoms with Gasteiger partial charge in [-0.2, -0.15) is 0 Å². The average molecular weight is 424 g/mol. The van der Waals surface area contributed by atoms with Crippen LogP contribution in [0.1, 0.15) is 50.4 Å². The van der Waals surface area contributed by atoms with Crippen molar-refractivity contribution in [2.24, 2.45) is 0 Å². The summed E-state index contributed by atoms with van der Waals surface area (Å²) in [7, 11) is 0. The van der Waals surface area contributed by atoms with Gasteiger partial charge in [0.15, 0.2) is 0 Å². The lowest BCUT2D eigenvalue weighted by molar-refractivity contribution is 0.469. The van der Waals surface area contributed by atoms with Crippen molar-refractivity contribution < 1.29 is 10.2 Å². The predicted molar refractivity (Wildman–Crippen MR) is 105 cm³/mol. The van der Waals surface area contributed by atoms with Crippen molar-refractivity contribution >= 4 is 22.6 Å². The van der Waals surface area contributed by atoms with Gasteiger partial charge in [0.1, 0.15) is 11.5 Å². The lowest BCUT2D eigenvalue weighted by Crippen LogP contribution is -2.12. The Morgan fingerprint density at radius 1 is 0.739 bits per heavy atom. The van der Waals surface area contributed by atoms with Gasteiger partial charge in [0.25, 0.3) is 0 Å². The largest absolute Gasteiger partial charge is 0.508 e. The van der Waals surface area contributed by atoms with Crippen LogP contribution in [0, 0.1) is 41.5 Å². The number of aryl methyl sites for hydroxylation is 2. The van der Waals surface area contributed by atoms with Crippen molar-refractivity contribution in [2.75, 3.05) is 4.43 Å². The monoisotopic (exact) mass is 424 g/mol. The van der Waals surface area contributed by atoms with Crippen LogP contribution in [-0.2, 0) is 0 Å². The molecule has 0 saturated heterocycles. The second-order valence-electron chi connectivity index (χ2n) is 6.46. The molecule has 0 saturated carbocycles. The highest BCUT2D eigenvalue weighted by atomic mass is 127. The Morgan fingerprint density at radius 3 is 1.39 bits per heavy atom. The van der Waals surface area contributed by atoms with Gasteiger partial charge < -0.3 is 10.2 Å². The van der Waals surface area contributed by atoms with Gasteiger partial charge in [-0.05, 0) is 98.2 Å². The van der Waals surface area contributed by atoms with Crippen LogP contribution in [0.3, 0.4) is 0 Å². The third-order valence-corrected chi connectivity index (χ3v) is 5.99. The zero-order valence-electron chi connectivity index (χ0n) is 14.7. The van der Waals surface area contributed by atoms with Gasteiger partial charge in [-0.15, -0.1) is 0 Å². The molecule has 2 nitrogen and oxygen atoms in total. The van der Waals surface area contributed by atoms with Gasteiger partial charge in [0.2, 0.25) is 0 Å². The summed E-state index contributed by atoms with van der Waals surface area (Å²) in [6, 6.07) is 3.74. The molecular weight excluding hydrogens is 399 g/mol. The maximum Gasteiger partial charge on any atom is 0.119 e. The van der Waals surface area contributed by atoms with E-state index in [-0.39, 0.29) is 5.92 Å². The maximum absolute atomic E-state index is 10.1. The highest BCUT2D eigenvalue weighted by Gasteiger charge is 2.24. The number of aromatic hydroxyl groups is 2. The number of hydrogen-bond acceptors (Lipinski definition) is 2. The van der Waals surface area contributed by atoms with Gasteiger partial charge in [-0.1, -0.05) is 22.6 Å². The van der Waals surface area contributed by atoms with Crippen LogP contribution in [0.25, 0.3) is 0 Å². The van der Waals surface area contributed by atoms with Gasteiger partial charge >= 0.3 is 0 Å². The minimum absolute atomic E-state index is 0.259. The Hall–Kier alpha value is -1.23. The first kappa shape index (κ1) is 18.1. The van der Waals surface area contributed by atoms with Crippen LogP contribution >= 0.6 is 22.6 Å². The van der Waals surface area contributed by atoms with E-state index < -0.39 is 0 Å². The number of phenols is 2. The van der Waals surface area contributed by atoms with E-state index in [9.17, 15) is 10.2 Å². The van der Waals surface area contributed by atoms with E-state index >= 15 is 0 Å². The third-order valence-electron chi connectivity index (χ3n) is 5.11.